The number of aliphatic hydroxyl groups is 2. The van der Waals surface area contributed by atoms with Gasteiger partial charge >= 0.3 is 5.69 Å². The van der Waals surface area contributed by atoms with Crippen LogP contribution in [-0.4, -0.2) is 50.8 Å². The highest BCUT2D eigenvalue weighted by atomic mass is 31.3. The number of aromatic nitrogens is 2. The summed E-state index contributed by atoms with van der Waals surface area (Å²) in [4.78, 5) is 71.1. The summed E-state index contributed by atoms with van der Waals surface area (Å²) in [7, 11) is -23.6. The lowest BCUT2D eigenvalue weighted by Crippen LogP contribution is -2.37. The zero-order valence-electron chi connectivity index (χ0n) is 17.3. The van der Waals surface area contributed by atoms with Gasteiger partial charge in [-0.3, -0.25) is 32.4 Å². The Morgan fingerprint density at radius 3 is 2.14 bits per heavy atom. The highest BCUT2D eigenvalue weighted by Crippen LogP contribution is 2.66. The van der Waals surface area contributed by atoms with Crippen molar-refractivity contribution in [3.8, 4) is 0 Å². The van der Waals surface area contributed by atoms with Crippen LogP contribution < -0.4 is 30.8 Å². The van der Waals surface area contributed by atoms with Gasteiger partial charge in [0.25, 0.3) is 29.0 Å². The maximum Gasteiger partial charge on any atom is 0.330 e. The average Bonchev–Trinajstić information content (AvgIpc) is 2.92. The number of phosphoric acid groups is 3. The molecule has 0 amide bonds. The lowest BCUT2D eigenvalue weighted by atomic mass is 10.1. The molecular weight excluding hydrogens is 568 g/mol. The number of H-pyrrole nitrogens is 1. The van der Waals surface area contributed by atoms with Gasteiger partial charge in [-0.05, 0) is 6.42 Å². The first-order chi connectivity index (χ1) is 15.9. The molecule has 202 valence electrons. The summed E-state index contributed by atoms with van der Waals surface area (Å²) >= 11 is 0. The SMILES string of the molecule is CCCP(=O)([O-])OP(=O)([O-])OP(=O)([O-])OP(=O)([O-])OC[C@H]1O[C@@H](n2ccc(=O)[nH]c2=O)[C@@H](O)C1O. The molecule has 1 aliphatic heterocycles. The van der Waals surface area contributed by atoms with Crippen LogP contribution in [0, 0.1) is 0 Å². The Labute approximate surface area is 195 Å². The molecule has 3 N–H and O–H groups in total. The highest BCUT2D eigenvalue weighted by Gasteiger charge is 2.44. The molecule has 0 saturated carbocycles. The van der Waals surface area contributed by atoms with Crippen molar-refractivity contribution in [1.82, 2.24) is 9.55 Å². The van der Waals surface area contributed by atoms with Gasteiger partial charge in [0.15, 0.2) is 6.23 Å². The van der Waals surface area contributed by atoms with Crippen LogP contribution in [0.5, 0.6) is 0 Å². The Morgan fingerprint density at radius 2 is 1.57 bits per heavy atom. The molecule has 1 saturated heterocycles. The van der Waals surface area contributed by atoms with Gasteiger partial charge in [0.05, 0.1) is 6.61 Å². The Bertz CT molecular complexity index is 1210. The molecule has 0 aromatic carbocycles. The number of nitrogens with zero attached hydrogens (tertiary/aromatic N) is 1. The third kappa shape index (κ3) is 8.90. The molecule has 5 unspecified atom stereocenters. The fourth-order valence-corrected chi connectivity index (χ4v) is 8.00. The molecule has 0 aliphatic carbocycles. The summed E-state index contributed by atoms with van der Waals surface area (Å²) in [5, 5.41) is 20.0. The van der Waals surface area contributed by atoms with E-state index in [-0.39, 0.29) is 6.42 Å². The van der Waals surface area contributed by atoms with E-state index in [9.17, 15) is 57.6 Å². The lowest BCUT2D eigenvalue weighted by Gasteiger charge is -2.36. The number of hydrogen-bond donors (Lipinski definition) is 3. The maximum absolute atomic E-state index is 11.8. The van der Waals surface area contributed by atoms with Crippen LogP contribution in [0.15, 0.2) is 21.9 Å². The van der Waals surface area contributed by atoms with Crippen molar-refractivity contribution >= 4 is 31.1 Å². The molecule has 2 rings (SSSR count). The highest BCUT2D eigenvalue weighted by molar-refractivity contribution is 7.69. The Balaban J connectivity index is 2.03. The molecule has 1 aromatic heterocycles. The molecule has 35 heavy (non-hydrogen) atoms. The number of nitrogens with one attached hydrogen (secondary N) is 1. The van der Waals surface area contributed by atoms with E-state index in [2.05, 4.69) is 17.5 Å². The number of aliphatic hydroxyl groups excluding tert-OH is 2. The van der Waals surface area contributed by atoms with Gasteiger partial charge in [-0.15, -0.1) is 0 Å². The Hall–Kier alpha value is -0.840. The smallest absolute Gasteiger partial charge is 0.330 e. The number of aromatic amines is 1. The maximum atomic E-state index is 11.8. The molecule has 1 aliphatic rings. The number of hydrogen-bond acceptors (Lipinski definition) is 17. The van der Waals surface area contributed by atoms with Crippen molar-refractivity contribution in [2.24, 2.45) is 0 Å². The largest absolute Gasteiger partial charge is 0.778 e. The lowest BCUT2D eigenvalue weighted by molar-refractivity contribution is -0.251. The van der Waals surface area contributed by atoms with Crippen LogP contribution in [0.4, 0.5) is 0 Å². The van der Waals surface area contributed by atoms with Crippen LogP contribution in [0.3, 0.4) is 0 Å². The van der Waals surface area contributed by atoms with E-state index in [0.717, 1.165) is 12.3 Å². The van der Waals surface area contributed by atoms with E-state index in [4.69, 9.17) is 4.74 Å². The van der Waals surface area contributed by atoms with E-state index in [1.54, 1.807) is 0 Å². The van der Waals surface area contributed by atoms with Crippen molar-refractivity contribution in [3.05, 3.63) is 33.1 Å². The Morgan fingerprint density at radius 1 is 1.00 bits per heavy atom. The summed E-state index contributed by atoms with van der Waals surface area (Å²) in [6.07, 6.45) is -7.08. The number of ether oxygens (including phenoxy) is 1. The molecule has 0 radical (unpaired) electrons. The zero-order valence-corrected chi connectivity index (χ0v) is 20.9. The van der Waals surface area contributed by atoms with Crippen molar-refractivity contribution < 1.29 is 70.2 Å². The predicted molar refractivity (Wildman–Crippen MR) is 102 cm³/mol. The van der Waals surface area contributed by atoms with Gasteiger partial charge in [0.2, 0.25) is 0 Å². The summed E-state index contributed by atoms with van der Waals surface area (Å²) in [6.45, 7) is 0.119. The first kappa shape index (κ1) is 30.4. The molecule has 19 nitrogen and oxygen atoms in total. The number of rotatable bonds is 12. The second-order valence-corrected chi connectivity index (χ2v) is 13.4. The predicted octanol–water partition coefficient (Wildman–Crippen LogP) is -3.41. The summed E-state index contributed by atoms with van der Waals surface area (Å²) in [5.74, 6) is 0. The summed E-state index contributed by atoms with van der Waals surface area (Å²) in [5.41, 5.74) is -1.84. The third-order valence-electron chi connectivity index (χ3n) is 3.98. The second-order valence-electron chi connectivity index (χ2n) is 6.78. The fraction of sp³-hybridized carbons (Fsp3) is 0.667. The molecule has 0 spiro atoms. The van der Waals surface area contributed by atoms with Crippen molar-refractivity contribution in [3.63, 3.8) is 0 Å². The minimum absolute atomic E-state index is 0.0998. The molecule has 8 atom stereocenters. The molecule has 2 heterocycles. The van der Waals surface area contributed by atoms with E-state index in [0.29, 0.717) is 4.57 Å². The quantitative estimate of drug-likeness (QED) is 0.201. The standard InChI is InChI=1S/C12H22N2O17P4/c1-2-5-32(19,20)29-34(23,24)31-35(25,26)30-33(21,22)27-6-7-9(16)10(17)11(28-7)14-4-3-8(15)13-12(14)18/h3-4,7,9-11,16-17H,2,5-6H2,1H3,(H,19,20)(H,21,22)(H,23,24)(H,25,26)(H,13,15,18)/p-4/t7-,9?,10+,11-/m1/s1. The molecule has 0 bridgehead atoms. The second kappa shape index (κ2) is 11.3. The van der Waals surface area contributed by atoms with Crippen LogP contribution >= 0.6 is 31.1 Å². The topological polar surface area (TPSA) is 302 Å². The van der Waals surface area contributed by atoms with E-state index < -0.39 is 79.6 Å². The van der Waals surface area contributed by atoms with Crippen molar-refractivity contribution in [1.29, 1.82) is 0 Å². The monoisotopic (exact) mass is 586 g/mol. The molecular formula is C12H18N2O17P4-4. The van der Waals surface area contributed by atoms with Gasteiger partial charge in [0.1, 0.15) is 25.9 Å². The minimum Gasteiger partial charge on any atom is -0.778 e. The molecule has 1 fully saturated rings. The van der Waals surface area contributed by atoms with Crippen LogP contribution in [0.2, 0.25) is 0 Å². The van der Waals surface area contributed by atoms with E-state index >= 15 is 0 Å². The van der Waals surface area contributed by atoms with Gasteiger partial charge < -0.3 is 43.6 Å². The van der Waals surface area contributed by atoms with Crippen LogP contribution in [-0.2, 0) is 40.5 Å². The van der Waals surface area contributed by atoms with Gasteiger partial charge in [-0.2, -0.15) is 0 Å². The van der Waals surface area contributed by atoms with E-state index in [1.807, 2.05) is 4.98 Å². The van der Waals surface area contributed by atoms with Gasteiger partial charge in [-0.25, -0.2) is 13.4 Å². The average molecular weight is 586 g/mol. The van der Waals surface area contributed by atoms with Gasteiger partial charge in [-0.1, -0.05) is 6.92 Å². The fourth-order valence-electron chi connectivity index (χ4n) is 2.65. The van der Waals surface area contributed by atoms with Gasteiger partial charge in [0, 0.05) is 18.4 Å². The summed E-state index contributed by atoms with van der Waals surface area (Å²) < 4.78 is 66.8. The first-order valence-electron chi connectivity index (χ1n) is 9.22. The third-order valence-corrected chi connectivity index (χ3v) is 10.4. The normalized spacial score (nSPS) is 29.6. The van der Waals surface area contributed by atoms with Crippen molar-refractivity contribution in [2.45, 2.75) is 37.9 Å². The minimum atomic E-state index is -6.34. The van der Waals surface area contributed by atoms with Crippen LogP contribution in [0.25, 0.3) is 0 Å². The first-order valence-corrected chi connectivity index (χ1v) is 15.3. The molecule has 1 aromatic rings. The van der Waals surface area contributed by atoms with Crippen LogP contribution in [0.1, 0.15) is 19.6 Å². The zero-order chi connectivity index (χ0) is 26.8. The Kier molecular flexibility index (Phi) is 9.79. The van der Waals surface area contributed by atoms with Crippen molar-refractivity contribution in [2.75, 3.05) is 12.8 Å². The summed E-state index contributed by atoms with van der Waals surface area (Å²) in [6, 6.07) is 0.881. The van der Waals surface area contributed by atoms with E-state index in [1.165, 1.54) is 6.92 Å². The molecule has 23 heteroatoms. The number of phosphoric ester groups is 1.